The average molecular weight is 275 g/mol. The predicted octanol–water partition coefficient (Wildman–Crippen LogP) is 1.67. The van der Waals surface area contributed by atoms with E-state index < -0.39 is 5.97 Å². The van der Waals surface area contributed by atoms with Gasteiger partial charge in [0.15, 0.2) is 0 Å². The number of anilines is 1. The number of hydrogen-bond acceptors (Lipinski definition) is 5. The first-order chi connectivity index (χ1) is 9.49. The Morgan fingerprint density at radius 3 is 2.65 bits per heavy atom. The highest BCUT2D eigenvalue weighted by atomic mass is 16.5. The van der Waals surface area contributed by atoms with Crippen molar-refractivity contribution in [3.63, 3.8) is 0 Å². The molecule has 0 aromatic heterocycles. The molecule has 0 aliphatic carbocycles. The van der Waals surface area contributed by atoms with E-state index in [0.717, 1.165) is 0 Å². The van der Waals surface area contributed by atoms with Gasteiger partial charge in [-0.3, -0.25) is 4.79 Å². The van der Waals surface area contributed by atoms with Crippen molar-refractivity contribution in [1.82, 2.24) is 0 Å². The minimum absolute atomic E-state index is 0.00478. The van der Waals surface area contributed by atoms with Crippen molar-refractivity contribution in [2.24, 2.45) is 0 Å². The van der Waals surface area contributed by atoms with Gasteiger partial charge >= 0.3 is 11.9 Å². The molecule has 1 aromatic carbocycles. The molecule has 5 heteroatoms. The van der Waals surface area contributed by atoms with Crippen LogP contribution in [-0.2, 0) is 14.3 Å². The number of carbonyl (C=O) groups excluding carboxylic acids is 2. The molecule has 0 saturated carbocycles. The second kappa shape index (κ2) is 7.19. The van der Waals surface area contributed by atoms with Crippen LogP contribution in [0.2, 0.25) is 0 Å². The maximum absolute atomic E-state index is 11.6. The normalized spacial score (nSPS) is 9.35. The highest BCUT2D eigenvalue weighted by Gasteiger charge is 2.12. The molecule has 1 rings (SSSR count). The summed E-state index contributed by atoms with van der Waals surface area (Å²) in [6.45, 7) is 3.79. The lowest BCUT2D eigenvalue weighted by Crippen LogP contribution is -2.06. The Morgan fingerprint density at radius 1 is 1.35 bits per heavy atom. The zero-order valence-corrected chi connectivity index (χ0v) is 11.8. The minimum Gasteiger partial charge on any atom is -0.465 e. The van der Waals surface area contributed by atoms with E-state index in [2.05, 4.69) is 16.6 Å². The van der Waals surface area contributed by atoms with E-state index in [1.807, 2.05) is 0 Å². The van der Waals surface area contributed by atoms with Crippen molar-refractivity contribution >= 4 is 17.6 Å². The van der Waals surface area contributed by atoms with E-state index in [4.69, 9.17) is 10.5 Å². The first-order valence-corrected chi connectivity index (χ1v) is 6.12. The predicted molar refractivity (Wildman–Crippen MR) is 75.1 cm³/mol. The van der Waals surface area contributed by atoms with E-state index in [-0.39, 0.29) is 12.4 Å². The third kappa shape index (κ3) is 4.02. The fourth-order valence-electron chi connectivity index (χ4n) is 1.56. The summed E-state index contributed by atoms with van der Waals surface area (Å²) in [5.74, 6) is 4.62. The maximum Gasteiger partial charge on any atom is 0.338 e. The van der Waals surface area contributed by atoms with E-state index >= 15 is 0 Å². The zero-order chi connectivity index (χ0) is 15.1. The van der Waals surface area contributed by atoms with Gasteiger partial charge in [0.1, 0.15) is 6.42 Å². The molecule has 5 nitrogen and oxygen atoms in total. The van der Waals surface area contributed by atoms with Gasteiger partial charge < -0.3 is 15.2 Å². The standard InChI is InChI=1S/C15H17NO4/c1-4-20-14(17)7-5-6-11-8-12(15(18)19-3)10(2)13(16)9-11/h8-9H,4,7,16H2,1-3H3. The summed E-state index contributed by atoms with van der Waals surface area (Å²) in [5, 5.41) is 0. The Morgan fingerprint density at radius 2 is 2.05 bits per heavy atom. The quantitative estimate of drug-likeness (QED) is 0.515. The van der Waals surface area contributed by atoms with Crippen molar-refractivity contribution in [3.05, 3.63) is 28.8 Å². The number of esters is 2. The van der Waals surface area contributed by atoms with Gasteiger partial charge in [-0.1, -0.05) is 11.8 Å². The van der Waals surface area contributed by atoms with Crippen LogP contribution in [-0.4, -0.2) is 25.7 Å². The summed E-state index contributed by atoms with van der Waals surface area (Å²) in [7, 11) is 1.30. The molecule has 0 fully saturated rings. The van der Waals surface area contributed by atoms with Crippen LogP contribution < -0.4 is 5.73 Å². The molecule has 20 heavy (non-hydrogen) atoms. The number of carbonyl (C=O) groups is 2. The number of rotatable bonds is 3. The summed E-state index contributed by atoms with van der Waals surface area (Å²) >= 11 is 0. The molecule has 1 aromatic rings. The van der Waals surface area contributed by atoms with Crippen molar-refractivity contribution in [2.45, 2.75) is 20.3 Å². The molecule has 0 heterocycles. The number of ether oxygens (including phenoxy) is 2. The van der Waals surface area contributed by atoms with Crippen LogP contribution in [0.15, 0.2) is 12.1 Å². The fraction of sp³-hybridized carbons (Fsp3) is 0.333. The van der Waals surface area contributed by atoms with Gasteiger partial charge in [0.25, 0.3) is 0 Å². The minimum atomic E-state index is -0.469. The summed E-state index contributed by atoms with van der Waals surface area (Å²) in [4.78, 5) is 22.8. The molecule has 0 saturated heterocycles. The molecule has 0 radical (unpaired) electrons. The Labute approximate surface area is 118 Å². The Bertz CT molecular complexity index is 582. The average Bonchev–Trinajstić information content (AvgIpc) is 2.42. The molecular formula is C15H17NO4. The lowest BCUT2D eigenvalue weighted by atomic mass is 10.0. The van der Waals surface area contributed by atoms with Crippen LogP contribution in [0.1, 0.15) is 34.8 Å². The van der Waals surface area contributed by atoms with E-state index in [1.165, 1.54) is 7.11 Å². The van der Waals surface area contributed by atoms with Gasteiger partial charge in [-0.05, 0) is 31.5 Å². The molecule has 0 spiro atoms. The second-order valence-electron chi connectivity index (χ2n) is 4.01. The van der Waals surface area contributed by atoms with Crippen molar-refractivity contribution in [2.75, 3.05) is 19.5 Å². The largest absolute Gasteiger partial charge is 0.465 e. The Balaban J connectivity index is 2.98. The number of nitrogen functional groups attached to an aromatic ring is 1. The first-order valence-electron chi connectivity index (χ1n) is 6.12. The summed E-state index contributed by atoms with van der Waals surface area (Å²) < 4.78 is 9.45. The molecule has 0 atom stereocenters. The van der Waals surface area contributed by atoms with Crippen LogP contribution in [0.25, 0.3) is 0 Å². The summed E-state index contributed by atoms with van der Waals surface area (Å²) in [5.41, 5.74) is 7.85. The van der Waals surface area contributed by atoms with Gasteiger partial charge in [0.05, 0.1) is 19.3 Å². The van der Waals surface area contributed by atoms with Crippen molar-refractivity contribution in [3.8, 4) is 11.8 Å². The number of benzene rings is 1. The van der Waals surface area contributed by atoms with Crippen LogP contribution in [0.3, 0.4) is 0 Å². The van der Waals surface area contributed by atoms with Crippen molar-refractivity contribution < 1.29 is 19.1 Å². The molecule has 0 amide bonds. The van der Waals surface area contributed by atoms with E-state index in [0.29, 0.717) is 29.0 Å². The van der Waals surface area contributed by atoms with Gasteiger partial charge in [-0.15, -0.1) is 0 Å². The third-order valence-corrected chi connectivity index (χ3v) is 2.62. The van der Waals surface area contributed by atoms with Crippen LogP contribution in [0, 0.1) is 18.8 Å². The number of methoxy groups -OCH3 is 1. The zero-order valence-electron chi connectivity index (χ0n) is 11.8. The van der Waals surface area contributed by atoms with Gasteiger partial charge in [-0.2, -0.15) is 0 Å². The fourth-order valence-corrected chi connectivity index (χ4v) is 1.56. The number of nitrogens with two attached hydrogens (primary N) is 1. The topological polar surface area (TPSA) is 78.6 Å². The molecule has 0 aliphatic heterocycles. The van der Waals surface area contributed by atoms with Gasteiger partial charge in [0, 0.05) is 11.3 Å². The van der Waals surface area contributed by atoms with E-state index in [9.17, 15) is 9.59 Å². The first kappa shape index (κ1) is 15.6. The smallest absolute Gasteiger partial charge is 0.338 e. The van der Waals surface area contributed by atoms with Gasteiger partial charge in [0.2, 0.25) is 0 Å². The second-order valence-corrected chi connectivity index (χ2v) is 4.01. The van der Waals surface area contributed by atoms with Gasteiger partial charge in [-0.25, -0.2) is 4.79 Å². The highest BCUT2D eigenvalue weighted by Crippen LogP contribution is 2.19. The van der Waals surface area contributed by atoms with Crippen molar-refractivity contribution in [1.29, 1.82) is 0 Å². The number of hydrogen-bond donors (Lipinski definition) is 1. The molecule has 2 N–H and O–H groups in total. The summed E-state index contributed by atoms with van der Waals surface area (Å²) in [6, 6.07) is 3.25. The third-order valence-electron chi connectivity index (χ3n) is 2.62. The van der Waals surface area contributed by atoms with Crippen LogP contribution in [0.5, 0.6) is 0 Å². The molecule has 0 unspecified atom stereocenters. The maximum atomic E-state index is 11.6. The summed E-state index contributed by atoms with van der Waals surface area (Å²) in [6.07, 6.45) is -0.00478. The monoisotopic (exact) mass is 275 g/mol. The SMILES string of the molecule is CCOC(=O)CC#Cc1cc(N)c(C)c(C(=O)OC)c1. The molecule has 106 valence electrons. The highest BCUT2D eigenvalue weighted by molar-refractivity contribution is 5.93. The molecular weight excluding hydrogens is 258 g/mol. The van der Waals surface area contributed by atoms with Crippen LogP contribution in [0.4, 0.5) is 5.69 Å². The Hall–Kier alpha value is -2.48. The van der Waals surface area contributed by atoms with E-state index in [1.54, 1.807) is 26.0 Å². The lowest BCUT2D eigenvalue weighted by Gasteiger charge is -2.07. The lowest BCUT2D eigenvalue weighted by molar-refractivity contribution is -0.141. The molecule has 0 bridgehead atoms. The Kier molecular flexibility index (Phi) is 5.60. The molecule has 0 aliphatic rings. The van der Waals surface area contributed by atoms with Crippen LogP contribution >= 0.6 is 0 Å².